The molecule has 0 aliphatic heterocycles. The fourth-order valence-corrected chi connectivity index (χ4v) is 2.41. The van der Waals surface area contributed by atoms with Crippen molar-refractivity contribution in [2.75, 3.05) is 0 Å². The van der Waals surface area contributed by atoms with Crippen LogP contribution in [0.1, 0.15) is 52.9 Å². The molecule has 76 valence electrons. The molecule has 1 atom stereocenters. The normalized spacial score (nSPS) is 21.8. The molecule has 0 nitrogen and oxygen atoms in total. The Morgan fingerprint density at radius 2 is 1.85 bits per heavy atom. The Morgan fingerprint density at radius 3 is 2.23 bits per heavy atom. The van der Waals surface area contributed by atoms with Crippen molar-refractivity contribution in [2.45, 2.75) is 52.9 Å². The van der Waals surface area contributed by atoms with Gasteiger partial charge < -0.3 is 0 Å². The number of hydrogen-bond acceptors (Lipinski definition) is 0. The molecular weight excluding hydrogens is 156 g/mol. The molecule has 0 heterocycles. The van der Waals surface area contributed by atoms with Gasteiger partial charge in [0.05, 0.1) is 0 Å². The van der Waals surface area contributed by atoms with Gasteiger partial charge in [0.1, 0.15) is 0 Å². The molecule has 0 aromatic rings. The molecule has 1 rings (SSSR count). The molecule has 1 saturated carbocycles. The molecule has 1 unspecified atom stereocenters. The van der Waals surface area contributed by atoms with E-state index in [-0.39, 0.29) is 0 Å². The van der Waals surface area contributed by atoms with Gasteiger partial charge in [0.15, 0.2) is 0 Å². The Hall–Kier alpha value is -0.260. The van der Waals surface area contributed by atoms with Gasteiger partial charge in [-0.3, -0.25) is 0 Å². The summed E-state index contributed by atoms with van der Waals surface area (Å²) in [6.45, 7) is 11.0. The molecule has 0 spiro atoms. The Balaban J connectivity index is 2.43. The minimum Gasteiger partial charge on any atom is -0.103 e. The third kappa shape index (κ3) is 3.17. The third-order valence-corrected chi connectivity index (χ3v) is 3.46. The Bertz CT molecular complexity index is 155. The third-order valence-electron chi connectivity index (χ3n) is 3.46. The Labute approximate surface area is 83.4 Å². The summed E-state index contributed by atoms with van der Waals surface area (Å²) in [6.07, 6.45) is 9.36. The molecule has 0 aromatic carbocycles. The van der Waals surface area contributed by atoms with E-state index in [0.29, 0.717) is 11.3 Å². The predicted molar refractivity (Wildman–Crippen MR) is 59.7 cm³/mol. The summed E-state index contributed by atoms with van der Waals surface area (Å²) in [7, 11) is 0. The van der Waals surface area contributed by atoms with E-state index in [0.717, 1.165) is 5.92 Å². The van der Waals surface area contributed by atoms with Crippen LogP contribution in [0.25, 0.3) is 0 Å². The maximum absolute atomic E-state index is 3.97. The summed E-state index contributed by atoms with van der Waals surface area (Å²) < 4.78 is 0. The maximum atomic E-state index is 3.97. The molecule has 0 radical (unpaired) electrons. The molecule has 0 saturated heterocycles. The van der Waals surface area contributed by atoms with Gasteiger partial charge in [0, 0.05) is 0 Å². The predicted octanol–water partition coefficient (Wildman–Crippen LogP) is 4.42. The topological polar surface area (TPSA) is 0 Å². The van der Waals surface area contributed by atoms with Crippen molar-refractivity contribution in [3.8, 4) is 0 Å². The first-order chi connectivity index (χ1) is 6.04. The maximum Gasteiger partial charge on any atom is -0.0185 e. The van der Waals surface area contributed by atoms with Gasteiger partial charge in [-0.2, -0.15) is 0 Å². The monoisotopic (exact) mass is 180 g/mol. The van der Waals surface area contributed by atoms with Gasteiger partial charge in [0.2, 0.25) is 0 Å². The standard InChI is InChI=1S/C13H24/c1-5-12(13(2,3)4)10-11-8-6-7-9-11/h5,11-12H,1,6-10H2,2-4H3. The first kappa shape index (κ1) is 10.8. The second-order valence-corrected chi connectivity index (χ2v) is 5.59. The average molecular weight is 180 g/mol. The van der Waals surface area contributed by atoms with Crippen LogP contribution in [-0.4, -0.2) is 0 Å². The number of hydrogen-bond donors (Lipinski definition) is 0. The van der Waals surface area contributed by atoms with Gasteiger partial charge in [0.25, 0.3) is 0 Å². The smallest absolute Gasteiger partial charge is 0.0185 e. The lowest BCUT2D eigenvalue weighted by atomic mass is 9.75. The van der Waals surface area contributed by atoms with E-state index in [1.807, 2.05) is 0 Å². The zero-order chi connectivity index (χ0) is 9.90. The van der Waals surface area contributed by atoms with Crippen molar-refractivity contribution in [1.29, 1.82) is 0 Å². The fourth-order valence-electron chi connectivity index (χ4n) is 2.41. The average Bonchev–Trinajstić information content (AvgIpc) is 2.49. The minimum absolute atomic E-state index is 0.407. The van der Waals surface area contributed by atoms with Crippen LogP contribution >= 0.6 is 0 Å². The van der Waals surface area contributed by atoms with E-state index < -0.39 is 0 Å². The quantitative estimate of drug-likeness (QED) is 0.564. The van der Waals surface area contributed by atoms with Gasteiger partial charge in [-0.05, 0) is 23.7 Å². The van der Waals surface area contributed by atoms with Crippen LogP contribution in [0.3, 0.4) is 0 Å². The summed E-state index contributed by atoms with van der Waals surface area (Å²) in [6, 6.07) is 0. The van der Waals surface area contributed by atoms with Gasteiger partial charge in [-0.15, -0.1) is 6.58 Å². The van der Waals surface area contributed by atoms with Crippen LogP contribution < -0.4 is 0 Å². The molecule has 1 aliphatic carbocycles. The number of rotatable bonds is 3. The van der Waals surface area contributed by atoms with E-state index >= 15 is 0 Å². The lowest BCUT2D eigenvalue weighted by molar-refractivity contribution is 0.244. The van der Waals surface area contributed by atoms with Crippen LogP contribution in [0.2, 0.25) is 0 Å². The summed E-state index contributed by atoms with van der Waals surface area (Å²) in [4.78, 5) is 0. The van der Waals surface area contributed by atoms with Crippen LogP contribution in [0.5, 0.6) is 0 Å². The molecule has 0 amide bonds. The van der Waals surface area contributed by atoms with Crippen molar-refractivity contribution in [1.82, 2.24) is 0 Å². The Kier molecular flexibility index (Phi) is 3.58. The van der Waals surface area contributed by atoms with Gasteiger partial charge >= 0.3 is 0 Å². The van der Waals surface area contributed by atoms with Gasteiger partial charge in [-0.25, -0.2) is 0 Å². The summed E-state index contributed by atoms with van der Waals surface area (Å²) in [5.74, 6) is 1.69. The molecule has 0 N–H and O–H groups in total. The van der Waals surface area contributed by atoms with Gasteiger partial charge in [-0.1, -0.05) is 52.5 Å². The second kappa shape index (κ2) is 4.30. The Morgan fingerprint density at radius 1 is 1.31 bits per heavy atom. The lowest BCUT2D eigenvalue weighted by Crippen LogP contribution is -2.20. The molecule has 1 fully saturated rings. The summed E-state index contributed by atoms with van der Waals surface area (Å²) >= 11 is 0. The van der Waals surface area contributed by atoms with Crippen LogP contribution in [-0.2, 0) is 0 Å². The highest BCUT2D eigenvalue weighted by atomic mass is 14.3. The molecule has 0 heteroatoms. The van der Waals surface area contributed by atoms with Crippen molar-refractivity contribution in [3.05, 3.63) is 12.7 Å². The van der Waals surface area contributed by atoms with E-state index in [4.69, 9.17) is 0 Å². The minimum atomic E-state index is 0.407. The van der Waals surface area contributed by atoms with E-state index in [1.54, 1.807) is 0 Å². The largest absolute Gasteiger partial charge is 0.103 e. The fraction of sp³-hybridized carbons (Fsp3) is 0.846. The summed E-state index contributed by atoms with van der Waals surface area (Å²) in [5.41, 5.74) is 0.407. The first-order valence-corrected chi connectivity index (χ1v) is 5.66. The first-order valence-electron chi connectivity index (χ1n) is 5.66. The lowest BCUT2D eigenvalue weighted by Gasteiger charge is -2.30. The zero-order valence-electron chi connectivity index (χ0n) is 9.47. The van der Waals surface area contributed by atoms with Crippen LogP contribution in [0.15, 0.2) is 12.7 Å². The number of allylic oxidation sites excluding steroid dienone is 1. The molecule has 13 heavy (non-hydrogen) atoms. The summed E-state index contributed by atoms with van der Waals surface area (Å²) in [5, 5.41) is 0. The SMILES string of the molecule is C=CC(CC1CCCC1)C(C)(C)C. The molecule has 0 aromatic heterocycles. The van der Waals surface area contributed by atoms with Crippen molar-refractivity contribution < 1.29 is 0 Å². The van der Waals surface area contributed by atoms with Crippen molar-refractivity contribution >= 4 is 0 Å². The second-order valence-electron chi connectivity index (χ2n) is 5.59. The van der Waals surface area contributed by atoms with Crippen molar-refractivity contribution in [2.24, 2.45) is 17.3 Å². The highest BCUT2D eigenvalue weighted by molar-refractivity contribution is 4.89. The molecular formula is C13H24. The highest BCUT2D eigenvalue weighted by Gasteiger charge is 2.26. The van der Waals surface area contributed by atoms with Crippen LogP contribution in [0, 0.1) is 17.3 Å². The van der Waals surface area contributed by atoms with Crippen LogP contribution in [0.4, 0.5) is 0 Å². The zero-order valence-corrected chi connectivity index (χ0v) is 9.47. The molecule has 1 aliphatic rings. The highest BCUT2D eigenvalue weighted by Crippen LogP contribution is 2.37. The molecule has 0 bridgehead atoms. The van der Waals surface area contributed by atoms with Crippen molar-refractivity contribution in [3.63, 3.8) is 0 Å². The van der Waals surface area contributed by atoms with E-state index in [1.165, 1.54) is 32.1 Å². The van der Waals surface area contributed by atoms with E-state index in [2.05, 4.69) is 33.4 Å². The van der Waals surface area contributed by atoms with E-state index in [9.17, 15) is 0 Å².